The van der Waals surface area contributed by atoms with Gasteiger partial charge in [0.2, 0.25) is 0 Å². The summed E-state index contributed by atoms with van der Waals surface area (Å²) in [6.45, 7) is 2.25. The summed E-state index contributed by atoms with van der Waals surface area (Å²) < 4.78 is 0. The highest BCUT2D eigenvalue weighted by molar-refractivity contribution is 4.98. The Hall–Kier alpha value is -0.0800. The minimum Gasteiger partial charge on any atom is -0.326 e. The van der Waals surface area contributed by atoms with Crippen molar-refractivity contribution in [2.24, 2.45) is 5.73 Å². The van der Waals surface area contributed by atoms with Crippen LogP contribution in [-0.4, -0.2) is 30.6 Å². The van der Waals surface area contributed by atoms with E-state index in [4.69, 9.17) is 5.73 Å². The van der Waals surface area contributed by atoms with Crippen LogP contribution in [0.3, 0.4) is 0 Å². The van der Waals surface area contributed by atoms with Crippen LogP contribution in [0, 0.1) is 0 Å². The molecule has 2 nitrogen and oxygen atoms in total. The second-order valence-corrected chi connectivity index (χ2v) is 3.75. The number of nitrogens with two attached hydrogens (primary N) is 1. The molecule has 2 N–H and O–H groups in total. The highest BCUT2D eigenvalue weighted by Gasteiger charge is 2.37. The molecule has 0 aliphatic heterocycles. The Morgan fingerprint density at radius 2 is 2.10 bits per heavy atom. The van der Waals surface area contributed by atoms with Gasteiger partial charge in [-0.05, 0) is 40.3 Å². The predicted octanol–water partition coefficient (Wildman–Crippen LogP) is 0.818. The van der Waals surface area contributed by atoms with Gasteiger partial charge in [0.15, 0.2) is 0 Å². The zero-order valence-corrected chi connectivity index (χ0v) is 7.22. The Morgan fingerprint density at radius 3 is 2.30 bits per heavy atom. The van der Waals surface area contributed by atoms with Crippen molar-refractivity contribution in [3.05, 3.63) is 0 Å². The average Bonchev–Trinajstić information content (AvgIpc) is 2.15. The number of hydrogen-bond acceptors (Lipinski definition) is 2. The van der Waals surface area contributed by atoms with Gasteiger partial charge in [-0.15, -0.1) is 0 Å². The summed E-state index contributed by atoms with van der Waals surface area (Å²) in [6, 6.07) is 0.377. The molecule has 0 aromatic rings. The molecule has 2 heteroatoms. The van der Waals surface area contributed by atoms with Crippen LogP contribution in [0.4, 0.5) is 0 Å². The van der Waals surface area contributed by atoms with Crippen molar-refractivity contribution in [1.82, 2.24) is 4.90 Å². The van der Waals surface area contributed by atoms with Gasteiger partial charge < -0.3 is 10.6 Å². The smallest absolute Gasteiger partial charge is 0.0326 e. The zero-order chi connectivity index (χ0) is 7.78. The SMILES string of the molecule is CN(C)[C@@]1(C)CCC[C@@H]1N. The normalized spacial score (nSPS) is 41.1. The van der Waals surface area contributed by atoms with E-state index in [1.165, 1.54) is 19.3 Å². The van der Waals surface area contributed by atoms with E-state index in [2.05, 4.69) is 25.9 Å². The molecule has 1 rings (SSSR count). The highest BCUT2D eigenvalue weighted by Crippen LogP contribution is 2.31. The number of nitrogens with zero attached hydrogens (tertiary/aromatic N) is 1. The van der Waals surface area contributed by atoms with Crippen LogP contribution in [0.5, 0.6) is 0 Å². The van der Waals surface area contributed by atoms with E-state index in [1.807, 2.05) is 0 Å². The van der Waals surface area contributed by atoms with Gasteiger partial charge in [0.25, 0.3) is 0 Å². The minimum absolute atomic E-state index is 0.264. The summed E-state index contributed by atoms with van der Waals surface area (Å²) in [7, 11) is 4.23. The molecule has 0 heterocycles. The Morgan fingerprint density at radius 1 is 1.50 bits per heavy atom. The first-order chi connectivity index (χ1) is 4.57. The highest BCUT2D eigenvalue weighted by atomic mass is 15.2. The van der Waals surface area contributed by atoms with Gasteiger partial charge in [0.1, 0.15) is 0 Å². The molecule has 1 aliphatic rings. The van der Waals surface area contributed by atoms with Gasteiger partial charge in [-0.3, -0.25) is 0 Å². The fraction of sp³-hybridized carbons (Fsp3) is 1.00. The maximum Gasteiger partial charge on any atom is 0.0326 e. The molecule has 1 fully saturated rings. The van der Waals surface area contributed by atoms with Crippen molar-refractivity contribution >= 4 is 0 Å². The molecule has 0 aromatic carbocycles. The summed E-state index contributed by atoms with van der Waals surface area (Å²) in [5.41, 5.74) is 6.24. The van der Waals surface area contributed by atoms with Crippen LogP contribution in [0.2, 0.25) is 0 Å². The summed E-state index contributed by atoms with van der Waals surface area (Å²) in [5, 5.41) is 0. The van der Waals surface area contributed by atoms with E-state index in [1.54, 1.807) is 0 Å². The predicted molar refractivity (Wildman–Crippen MR) is 43.9 cm³/mol. The maximum absolute atomic E-state index is 5.97. The Bertz CT molecular complexity index is 122. The monoisotopic (exact) mass is 142 g/mol. The van der Waals surface area contributed by atoms with Gasteiger partial charge in [-0.25, -0.2) is 0 Å². The molecular weight excluding hydrogens is 124 g/mol. The molecule has 0 unspecified atom stereocenters. The zero-order valence-electron chi connectivity index (χ0n) is 7.22. The first kappa shape index (κ1) is 8.02. The lowest BCUT2D eigenvalue weighted by Gasteiger charge is -2.36. The minimum atomic E-state index is 0.264. The van der Waals surface area contributed by atoms with Crippen LogP contribution in [0.1, 0.15) is 26.2 Å². The molecule has 0 amide bonds. The summed E-state index contributed by atoms with van der Waals surface area (Å²) >= 11 is 0. The molecule has 0 saturated heterocycles. The molecule has 10 heavy (non-hydrogen) atoms. The average molecular weight is 142 g/mol. The van der Waals surface area contributed by atoms with Crippen LogP contribution in [0.15, 0.2) is 0 Å². The van der Waals surface area contributed by atoms with Crippen LogP contribution in [0.25, 0.3) is 0 Å². The topological polar surface area (TPSA) is 29.3 Å². The van der Waals surface area contributed by atoms with Gasteiger partial charge >= 0.3 is 0 Å². The molecule has 0 bridgehead atoms. The molecule has 0 aromatic heterocycles. The van der Waals surface area contributed by atoms with Crippen molar-refractivity contribution in [3.8, 4) is 0 Å². The second kappa shape index (κ2) is 2.51. The Kier molecular flexibility index (Phi) is 2.02. The van der Waals surface area contributed by atoms with E-state index in [0.29, 0.717) is 6.04 Å². The Labute approximate surface area is 63.4 Å². The summed E-state index contributed by atoms with van der Waals surface area (Å²) in [4.78, 5) is 2.25. The number of hydrogen-bond donors (Lipinski definition) is 1. The molecular formula is C8H18N2. The lowest BCUT2D eigenvalue weighted by molar-refractivity contribution is 0.160. The fourth-order valence-electron chi connectivity index (χ4n) is 1.73. The lowest BCUT2D eigenvalue weighted by Crippen LogP contribution is -2.51. The first-order valence-electron chi connectivity index (χ1n) is 4.00. The van der Waals surface area contributed by atoms with E-state index in [0.717, 1.165) is 0 Å². The van der Waals surface area contributed by atoms with Gasteiger partial charge in [0, 0.05) is 11.6 Å². The first-order valence-corrected chi connectivity index (χ1v) is 4.00. The third kappa shape index (κ3) is 1.06. The maximum atomic E-state index is 5.97. The number of rotatable bonds is 1. The summed E-state index contributed by atoms with van der Waals surface area (Å²) in [6.07, 6.45) is 3.73. The van der Waals surface area contributed by atoms with Crippen LogP contribution in [-0.2, 0) is 0 Å². The third-order valence-electron chi connectivity index (χ3n) is 3.02. The molecule has 0 spiro atoms. The Balaban J connectivity index is 2.66. The van der Waals surface area contributed by atoms with Crippen molar-refractivity contribution in [3.63, 3.8) is 0 Å². The van der Waals surface area contributed by atoms with E-state index >= 15 is 0 Å². The largest absolute Gasteiger partial charge is 0.326 e. The fourth-order valence-corrected chi connectivity index (χ4v) is 1.73. The van der Waals surface area contributed by atoms with Crippen molar-refractivity contribution < 1.29 is 0 Å². The lowest BCUT2D eigenvalue weighted by atomic mass is 9.95. The van der Waals surface area contributed by atoms with Crippen LogP contribution >= 0.6 is 0 Å². The van der Waals surface area contributed by atoms with E-state index < -0.39 is 0 Å². The van der Waals surface area contributed by atoms with Gasteiger partial charge in [-0.2, -0.15) is 0 Å². The molecule has 1 saturated carbocycles. The van der Waals surface area contributed by atoms with Crippen molar-refractivity contribution in [2.45, 2.75) is 37.8 Å². The van der Waals surface area contributed by atoms with Crippen molar-refractivity contribution in [1.29, 1.82) is 0 Å². The second-order valence-electron chi connectivity index (χ2n) is 3.75. The molecule has 0 radical (unpaired) electrons. The van der Waals surface area contributed by atoms with E-state index in [-0.39, 0.29) is 5.54 Å². The summed E-state index contributed by atoms with van der Waals surface area (Å²) in [5.74, 6) is 0. The standard InChI is InChI=1S/C8H18N2/c1-8(10(2)3)6-4-5-7(8)9/h7H,4-6,9H2,1-3H3/t7-,8-/m0/s1. The van der Waals surface area contributed by atoms with Crippen molar-refractivity contribution in [2.75, 3.05) is 14.1 Å². The molecule has 60 valence electrons. The quantitative estimate of drug-likeness (QED) is 0.587. The molecule has 1 aliphatic carbocycles. The number of likely N-dealkylation sites (N-methyl/N-ethyl adjacent to an activating group) is 1. The van der Waals surface area contributed by atoms with Gasteiger partial charge in [-0.1, -0.05) is 0 Å². The van der Waals surface area contributed by atoms with E-state index in [9.17, 15) is 0 Å². The van der Waals surface area contributed by atoms with Gasteiger partial charge in [0.05, 0.1) is 0 Å². The molecule has 2 atom stereocenters. The third-order valence-corrected chi connectivity index (χ3v) is 3.02. The van der Waals surface area contributed by atoms with Crippen LogP contribution < -0.4 is 5.73 Å².